The van der Waals surface area contributed by atoms with E-state index in [0.29, 0.717) is 4.47 Å². The second kappa shape index (κ2) is 6.57. The lowest BCUT2D eigenvalue weighted by Gasteiger charge is -2.18. The molecule has 0 saturated carbocycles. The van der Waals surface area contributed by atoms with E-state index in [1.807, 2.05) is 6.20 Å². The van der Waals surface area contributed by atoms with Gasteiger partial charge in [0.05, 0.1) is 6.54 Å². The molecule has 1 aromatic carbocycles. The molecule has 0 bridgehead atoms. The van der Waals surface area contributed by atoms with Gasteiger partial charge in [0.1, 0.15) is 0 Å². The predicted molar refractivity (Wildman–Crippen MR) is 85.4 cm³/mol. The van der Waals surface area contributed by atoms with Crippen LogP contribution in [0.4, 0.5) is 5.69 Å². The Morgan fingerprint density at radius 2 is 2.05 bits per heavy atom. The molecule has 0 spiro atoms. The predicted octanol–water partition coefficient (Wildman–Crippen LogP) is 4.00. The summed E-state index contributed by atoms with van der Waals surface area (Å²) in [5.74, 6) is 0. The molecule has 0 atom stereocenters. The number of rotatable bonds is 5. The van der Waals surface area contributed by atoms with Crippen LogP contribution in [-0.4, -0.2) is 23.0 Å². The zero-order chi connectivity index (χ0) is 13.8. The fourth-order valence-electron chi connectivity index (χ4n) is 2.56. The number of para-hydroxylation sites is 1. The molecule has 1 aromatic heterocycles. The van der Waals surface area contributed by atoms with E-state index in [0.717, 1.165) is 18.0 Å². The Kier molecular flexibility index (Phi) is 4.55. The third-order valence-electron chi connectivity index (χ3n) is 3.59. The summed E-state index contributed by atoms with van der Waals surface area (Å²) < 4.78 is 0.604. The van der Waals surface area contributed by atoms with Crippen LogP contribution >= 0.6 is 22.9 Å². The molecule has 3 rings (SSSR count). The molecule has 106 valence electrons. The standard InChI is InChI=1S/C15H18ClN3S/c16-15-18-10-13(20-15)9-17-14-6-2-1-5-12(14)11-19-7-3-4-8-19/h1-2,5-6,10,17H,3-4,7-9,11H2. The largest absolute Gasteiger partial charge is 0.380 e. The smallest absolute Gasteiger partial charge is 0.183 e. The van der Waals surface area contributed by atoms with Gasteiger partial charge >= 0.3 is 0 Å². The average Bonchev–Trinajstić information content (AvgIpc) is 3.10. The highest BCUT2D eigenvalue weighted by Crippen LogP contribution is 2.22. The van der Waals surface area contributed by atoms with Crippen LogP contribution in [0.15, 0.2) is 30.5 Å². The summed E-state index contributed by atoms with van der Waals surface area (Å²) in [7, 11) is 0. The van der Waals surface area contributed by atoms with Crippen molar-refractivity contribution in [3.63, 3.8) is 0 Å². The molecule has 0 aliphatic carbocycles. The molecule has 1 aliphatic heterocycles. The number of likely N-dealkylation sites (tertiary alicyclic amines) is 1. The summed E-state index contributed by atoms with van der Waals surface area (Å²) in [5, 5.41) is 3.50. The van der Waals surface area contributed by atoms with Crippen molar-refractivity contribution < 1.29 is 0 Å². The highest BCUT2D eigenvalue weighted by Gasteiger charge is 2.13. The molecule has 1 N–H and O–H groups in total. The number of nitrogens with one attached hydrogen (secondary N) is 1. The Morgan fingerprint density at radius 3 is 2.80 bits per heavy atom. The van der Waals surface area contributed by atoms with Crippen LogP contribution in [0.25, 0.3) is 0 Å². The maximum Gasteiger partial charge on any atom is 0.183 e. The molecular weight excluding hydrogens is 290 g/mol. The SMILES string of the molecule is Clc1ncc(CNc2ccccc2CN2CCCC2)s1. The minimum Gasteiger partial charge on any atom is -0.380 e. The van der Waals surface area contributed by atoms with Gasteiger partial charge < -0.3 is 5.32 Å². The Labute approximate surface area is 128 Å². The molecule has 0 radical (unpaired) electrons. The van der Waals surface area contributed by atoms with Crippen LogP contribution in [0, 0.1) is 0 Å². The summed E-state index contributed by atoms with van der Waals surface area (Å²) in [6.07, 6.45) is 4.49. The van der Waals surface area contributed by atoms with Gasteiger partial charge in [-0.1, -0.05) is 29.8 Å². The van der Waals surface area contributed by atoms with Crippen LogP contribution in [-0.2, 0) is 13.1 Å². The van der Waals surface area contributed by atoms with Gasteiger partial charge in [-0.25, -0.2) is 4.98 Å². The van der Waals surface area contributed by atoms with Crippen molar-refractivity contribution in [2.75, 3.05) is 18.4 Å². The Bertz CT molecular complexity index is 564. The maximum atomic E-state index is 5.86. The van der Waals surface area contributed by atoms with Crippen molar-refractivity contribution in [1.82, 2.24) is 9.88 Å². The van der Waals surface area contributed by atoms with Gasteiger partial charge in [0.15, 0.2) is 4.47 Å². The highest BCUT2D eigenvalue weighted by molar-refractivity contribution is 7.15. The number of benzene rings is 1. The molecule has 20 heavy (non-hydrogen) atoms. The number of aromatic nitrogens is 1. The summed E-state index contributed by atoms with van der Waals surface area (Å²) >= 11 is 7.39. The zero-order valence-electron chi connectivity index (χ0n) is 11.3. The quantitative estimate of drug-likeness (QED) is 0.905. The Balaban J connectivity index is 1.65. The number of nitrogens with zero attached hydrogens (tertiary/aromatic N) is 2. The van der Waals surface area contributed by atoms with E-state index in [9.17, 15) is 0 Å². The van der Waals surface area contributed by atoms with Gasteiger partial charge in [-0.3, -0.25) is 4.90 Å². The van der Waals surface area contributed by atoms with Crippen molar-refractivity contribution in [1.29, 1.82) is 0 Å². The highest BCUT2D eigenvalue weighted by atomic mass is 35.5. The first-order valence-corrected chi connectivity index (χ1v) is 8.15. The van der Waals surface area contributed by atoms with E-state index < -0.39 is 0 Å². The van der Waals surface area contributed by atoms with E-state index in [4.69, 9.17) is 11.6 Å². The summed E-state index contributed by atoms with van der Waals surface area (Å²) in [4.78, 5) is 7.75. The van der Waals surface area contributed by atoms with Gasteiger partial charge in [0.25, 0.3) is 0 Å². The van der Waals surface area contributed by atoms with Crippen molar-refractivity contribution in [3.8, 4) is 0 Å². The monoisotopic (exact) mass is 307 g/mol. The normalized spacial score (nSPS) is 15.7. The number of anilines is 1. The van der Waals surface area contributed by atoms with Gasteiger partial charge in [0.2, 0.25) is 0 Å². The molecule has 0 unspecified atom stereocenters. The van der Waals surface area contributed by atoms with Gasteiger partial charge in [-0.2, -0.15) is 0 Å². The summed E-state index contributed by atoms with van der Waals surface area (Å²) in [6.45, 7) is 4.26. The van der Waals surface area contributed by atoms with E-state index >= 15 is 0 Å². The molecule has 3 nitrogen and oxygen atoms in total. The number of halogens is 1. The Hall–Kier alpha value is -1.10. The van der Waals surface area contributed by atoms with Gasteiger partial charge in [-0.05, 0) is 37.6 Å². The van der Waals surface area contributed by atoms with Crippen LogP contribution in [0.2, 0.25) is 4.47 Å². The maximum absolute atomic E-state index is 5.86. The summed E-state index contributed by atoms with van der Waals surface area (Å²) in [5.41, 5.74) is 2.58. The minimum atomic E-state index is 0.604. The van der Waals surface area contributed by atoms with Gasteiger partial charge in [-0.15, -0.1) is 11.3 Å². The second-order valence-corrected chi connectivity index (χ2v) is 6.77. The molecule has 2 aromatic rings. The fraction of sp³-hybridized carbons (Fsp3) is 0.400. The second-order valence-electron chi connectivity index (χ2n) is 5.07. The molecular formula is C15H18ClN3S. The van der Waals surface area contributed by atoms with Crippen LogP contribution in [0.3, 0.4) is 0 Å². The lowest BCUT2D eigenvalue weighted by atomic mass is 10.1. The van der Waals surface area contributed by atoms with E-state index in [2.05, 4.69) is 39.5 Å². The Morgan fingerprint density at radius 1 is 1.25 bits per heavy atom. The van der Waals surface area contributed by atoms with Crippen LogP contribution in [0.1, 0.15) is 23.3 Å². The van der Waals surface area contributed by atoms with Crippen LogP contribution < -0.4 is 5.32 Å². The first kappa shape index (κ1) is 13.9. The molecule has 1 aliphatic rings. The van der Waals surface area contributed by atoms with Crippen molar-refractivity contribution in [3.05, 3.63) is 45.4 Å². The minimum absolute atomic E-state index is 0.604. The lowest BCUT2D eigenvalue weighted by Crippen LogP contribution is -2.19. The van der Waals surface area contributed by atoms with E-state index in [1.54, 1.807) is 0 Å². The van der Waals surface area contributed by atoms with E-state index in [1.165, 1.54) is 48.5 Å². The third kappa shape index (κ3) is 3.51. The van der Waals surface area contributed by atoms with Gasteiger partial charge in [0, 0.05) is 23.3 Å². The fourth-order valence-corrected chi connectivity index (χ4v) is 3.48. The van der Waals surface area contributed by atoms with Crippen molar-refractivity contribution >= 4 is 28.6 Å². The van der Waals surface area contributed by atoms with Crippen LogP contribution in [0.5, 0.6) is 0 Å². The zero-order valence-corrected chi connectivity index (χ0v) is 12.9. The lowest BCUT2D eigenvalue weighted by molar-refractivity contribution is 0.332. The van der Waals surface area contributed by atoms with Crippen molar-refractivity contribution in [2.24, 2.45) is 0 Å². The molecule has 1 fully saturated rings. The number of hydrogen-bond acceptors (Lipinski definition) is 4. The number of hydrogen-bond donors (Lipinski definition) is 1. The first-order valence-electron chi connectivity index (χ1n) is 6.95. The van der Waals surface area contributed by atoms with E-state index in [-0.39, 0.29) is 0 Å². The third-order valence-corrected chi connectivity index (χ3v) is 4.70. The number of thiazole rings is 1. The first-order chi connectivity index (χ1) is 9.81. The molecule has 2 heterocycles. The molecule has 1 saturated heterocycles. The van der Waals surface area contributed by atoms with Crippen molar-refractivity contribution in [2.45, 2.75) is 25.9 Å². The average molecular weight is 308 g/mol. The molecule has 5 heteroatoms. The topological polar surface area (TPSA) is 28.2 Å². The molecule has 0 amide bonds. The summed E-state index contributed by atoms with van der Waals surface area (Å²) in [6, 6.07) is 8.55.